The van der Waals surface area contributed by atoms with Crippen LogP contribution in [0.25, 0.3) is 5.70 Å². The zero-order valence-corrected chi connectivity index (χ0v) is 16.4. The van der Waals surface area contributed by atoms with E-state index in [0.29, 0.717) is 22.3 Å². The van der Waals surface area contributed by atoms with Crippen molar-refractivity contribution in [2.45, 2.75) is 13.3 Å². The van der Waals surface area contributed by atoms with Crippen LogP contribution in [0.15, 0.2) is 36.4 Å². The largest absolute Gasteiger partial charge is 0.493 e. The van der Waals surface area contributed by atoms with Crippen LogP contribution in [0.2, 0.25) is 5.02 Å². The number of carbonyl (C=O) groups is 1. The van der Waals surface area contributed by atoms with Gasteiger partial charge in [0, 0.05) is 28.9 Å². The Morgan fingerprint density at radius 3 is 2.59 bits per heavy atom. The maximum Gasteiger partial charge on any atom is 0.195 e. The van der Waals surface area contributed by atoms with Gasteiger partial charge in [-0.25, -0.2) is 0 Å². The molecule has 0 aliphatic carbocycles. The van der Waals surface area contributed by atoms with Crippen LogP contribution in [0.4, 0.5) is 0 Å². The molecule has 1 heterocycles. The molecule has 0 saturated carbocycles. The van der Waals surface area contributed by atoms with E-state index in [1.807, 2.05) is 19.1 Å². The summed E-state index contributed by atoms with van der Waals surface area (Å²) in [6.07, 6.45) is 2.43. The quantitative estimate of drug-likeness (QED) is 0.764. The molecule has 0 amide bonds. The number of benzene rings is 2. The van der Waals surface area contributed by atoms with E-state index in [0.717, 1.165) is 35.4 Å². The third-order valence-corrected chi connectivity index (χ3v) is 4.66. The summed E-state index contributed by atoms with van der Waals surface area (Å²) in [5.41, 5.74) is 3.70. The number of halogens is 1. The highest BCUT2D eigenvalue weighted by Gasteiger charge is 2.19. The number of hydrogen-bond donors (Lipinski definition) is 1. The molecule has 142 valence electrons. The van der Waals surface area contributed by atoms with Crippen molar-refractivity contribution in [2.75, 3.05) is 27.4 Å². The van der Waals surface area contributed by atoms with E-state index in [4.69, 9.17) is 25.8 Å². The van der Waals surface area contributed by atoms with Crippen LogP contribution in [-0.4, -0.2) is 33.2 Å². The zero-order valence-electron chi connectivity index (χ0n) is 15.6. The van der Waals surface area contributed by atoms with Gasteiger partial charge in [-0.3, -0.25) is 4.79 Å². The van der Waals surface area contributed by atoms with Crippen molar-refractivity contribution < 1.29 is 19.0 Å². The van der Waals surface area contributed by atoms with E-state index in [1.165, 1.54) is 0 Å². The lowest BCUT2D eigenvalue weighted by Gasteiger charge is -2.23. The minimum atomic E-state index is -0.130. The fourth-order valence-electron chi connectivity index (χ4n) is 3.06. The lowest BCUT2D eigenvalue weighted by molar-refractivity contribution is -0.116. The minimum absolute atomic E-state index is 0.0454. The zero-order chi connectivity index (χ0) is 19.4. The molecule has 0 bridgehead atoms. The minimum Gasteiger partial charge on any atom is -0.493 e. The molecule has 0 spiro atoms. The van der Waals surface area contributed by atoms with Crippen molar-refractivity contribution in [3.05, 3.63) is 58.1 Å². The molecule has 0 aromatic heterocycles. The van der Waals surface area contributed by atoms with E-state index in [-0.39, 0.29) is 12.4 Å². The number of ether oxygens (including phenoxy) is 3. The molecule has 0 atom stereocenters. The van der Waals surface area contributed by atoms with Crippen LogP contribution in [0.3, 0.4) is 0 Å². The molecule has 2 aromatic rings. The molecule has 2 aromatic carbocycles. The normalized spacial score (nSPS) is 14.3. The maximum atomic E-state index is 12.4. The Balaban J connectivity index is 1.78. The summed E-state index contributed by atoms with van der Waals surface area (Å²) in [6.45, 7) is 2.60. The number of hydrogen-bond acceptors (Lipinski definition) is 5. The molecule has 0 radical (unpaired) electrons. The Labute approximate surface area is 163 Å². The molecular formula is C21H22ClNO4. The second kappa shape index (κ2) is 8.35. The van der Waals surface area contributed by atoms with E-state index in [9.17, 15) is 4.79 Å². The highest BCUT2D eigenvalue weighted by atomic mass is 35.5. The van der Waals surface area contributed by atoms with Crippen molar-refractivity contribution in [3.8, 4) is 17.2 Å². The average Bonchev–Trinajstić information content (AvgIpc) is 2.66. The first-order valence-electron chi connectivity index (χ1n) is 8.64. The summed E-state index contributed by atoms with van der Waals surface area (Å²) in [7, 11) is 3.21. The van der Waals surface area contributed by atoms with E-state index < -0.39 is 0 Å². The van der Waals surface area contributed by atoms with Crippen molar-refractivity contribution in [2.24, 2.45) is 0 Å². The van der Waals surface area contributed by atoms with Gasteiger partial charge in [-0.05, 0) is 54.8 Å². The van der Waals surface area contributed by atoms with Gasteiger partial charge in [-0.1, -0.05) is 11.6 Å². The van der Waals surface area contributed by atoms with Crippen LogP contribution in [0.1, 0.15) is 16.7 Å². The first kappa shape index (κ1) is 19.1. The fraction of sp³-hybridized carbons (Fsp3) is 0.286. The predicted octanol–water partition coefficient (Wildman–Crippen LogP) is 3.80. The molecule has 6 heteroatoms. The van der Waals surface area contributed by atoms with Gasteiger partial charge in [-0.2, -0.15) is 0 Å². The van der Waals surface area contributed by atoms with Gasteiger partial charge in [0.25, 0.3) is 0 Å². The van der Waals surface area contributed by atoms with E-state index in [2.05, 4.69) is 5.32 Å². The second-order valence-electron chi connectivity index (χ2n) is 6.26. The van der Waals surface area contributed by atoms with Gasteiger partial charge in [0.15, 0.2) is 23.9 Å². The highest BCUT2D eigenvalue weighted by Crippen LogP contribution is 2.34. The Bertz CT molecular complexity index is 892. The lowest BCUT2D eigenvalue weighted by Crippen LogP contribution is -2.24. The van der Waals surface area contributed by atoms with Gasteiger partial charge in [0.1, 0.15) is 5.75 Å². The molecule has 3 rings (SSSR count). The monoisotopic (exact) mass is 387 g/mol. The van der Waals surface area contributed by atoms with E-state index in [1.54, 1.807) is 38.5 Å². The lowest BCUT2D eigenvalue weighted by atomic mass is 9.96. The number of fused-ring (bicyclic) bond motifs is 1. The standard InChI is InChI=1S/C21H22ClNO4/c1-13-8-15(22)4-5-19(13)27-12-16(24)10-18-17-11-21(26-3)20(25-2)9-14(17)6-7-23-18/h4-5,8-11,23H,6-7,12H2,1-3H3. The summed E-state index contributed by atoms with van der Waals surface area (Å²) < 4.78 is 16.4. The van der Waals surface area contributed by atoms with Crippen LogP contribution in [0, 0.1) is 6.92 Å². The van der Waals surface area contributed by atoms with Crippen molar-refractivity contribution in [1.82, 2.24) is 5.32 Å². The Kier molecular flexibility index (Phi) is 5.91. The average molecular weight is 388 g/mol. The highest BCUT2D eigenvalue weighted by molar-refractivity contribution is 6.30. The SMILES string of the molecule is COc1cc2c(cc1OC)C(=CC(=O)COc1ccc(Cl)cc1C)NCC2. The molecule has 1 N–H and O–H groups in total. The summed E-state index contributed by atoms with van der Waals surface area (Å²) in [6, 6.07) is 9.16. The van der Waals surface area contributed by atoms with Gasteiger partial charge in [0.2, 0.25) is 0 Å². The summed E-state index contributed by atoms with van der Waals surface area (Å²) in [4.78, 5) is 12.4. The predicted molar refractivity (Wildman–Crippen MR) is 106 cm³/mol. The number of aryl methyl sites for hydroxylation is 1. The third-order valence-electron chi connectivity index (χ3n) is 4.42. The topological polar surface area (TPSA) is 56.8 Å². The Morgan fingerprint density at radius 1 is 1.15 bits per heavy atom. The fourth-order valence-corrected chi connectivity index (χ4v) is 3.29. The van der Waals surface area contributed by atoms with Gasteiger partial charge in [0.05, 0.1) is 14.2 Å². The van der Waals surface area contributed by atoms with Gasteiger partial charge in [-0.15, -0.1) is 0 Å². The number of rotatable bonds is 6. The van der Waals surface area contributed by atoms with Crippen LogP contribution >= 0.6 is 11.6 Å². The maximum absolute atomic E-state index is 12.4. The molecule has 27 heavy (non-hydrogen) atoms. The van der Waals surface area contributed by atoms with E-state index >= 15 is 0 Å². The Morgan fingerprint density at radius 2 is 1.89 bits per heavy atom. The third kappa shape index (κ3) is 4.37. The number of carbonyl (C=O) groups excluding carboxylic acids is 1. The molecule has 1 aliphatic heterocycles. The molecule has 0 fully saturated rings. The van der Waals surface area contributed by atoms with Crippen molar-refractivity contribution in [3.63, 3.8) is 0 Å². The van der Waals surface area contributed by atoms with Crippen LogP contribution in [-0.2, 0) is 11.2 Å². The van der Waals surface area contributed by atoms with Crippen LogP contribution in [0.5, 0.6) is 17.2 Å². The summed E-state index contributed by atoms with van der Waals surface area (Å²) >= 11 is 5.94. The number of methoxy groups -OCH3 is 2. The molecule has 1 aliphatic rings. The first-order chi connectivity index (χ1) is 13.0. The smallest absolute Gasteiger partial charge is 0.195 e. The molecule has 0 saturated heterocycles. The summed E-state index contributed by atoms with van der Waals surface area (Å²) in [5, 5.41) is 3.92. The Hall–Kier alpha value is -2.66. The molecule has 5 nitrogen and oxygen atoms in total. The van der Waals surface area contributed by atoms with Gasteiger partial charge < -0.3 is 19.5 Å². The molecule has 0 unspecified atom stereocenters. The van der Waals surface area contributed by atoms with Crippen molar-refractivity contribution in [1.29, 1.82) is 0 Å². The number of nitrogens with one attached hydrogen (secondary N) is 1. The second-order valence-corrected chi connectivity index (χ2v) is 6.70. The number of ketones is 1. The van der Waals surface area contributed by atoms with Crippen molar-refractivity contribution >= 4 is 23.1 Å². The first-order valence-corrected chi connectivity index (χ1v) is 9.02. The summed E-state index contributed by atoms with van der Waals surface area (Å²) in [5.74, 6) is 1.83. The molecular weight excluding hydrogens is 366 g/mol. The van der Waals surface area contributed by atoms with Gasteiger partial charge >= 0.3 is 0 Å². The van der Waals surface area contributed by atoms with Crippen LogP contribution < -0.4 is 19.5 Å².